The number of rotatable bonds is 7. The van der Waals surface area contributed by atoms with Gasteiger partial charge in [0, 0.05) is 25.3 Å². The summed E-state index contributed by atoms with van der Waals surface area (Å²) in [5.74, 6) is 1.72. The second kappa shape index (κ2) is 6.37. The first-order chi connectivity index (χ1) is 8.81. The Hall–Kier alpha value is -1.59. The summed E-state index contributed by atoms with van der Waals surface area (Å²) in [6.45, 7) is 6.98. The van der Waals surface area contributed by atoms with Crippen molar-refractivity contribution in [3.63, 3.8) is 0 Å². The monoisotopic (exact) mass is 249 g/mol. The van der Waals surface area contributed by atoms with E-state index in [1.165, 1.54) is 0 Å². The van der Waals surface area contributed by atoms with Crippen LogP contribution < -0.4 is 5.32 Å². The fourth-order valence-electron chi connectivity index (χ4n) is 1.74. The zero-order chi connectivity index (χ0) is 12.8. The number of H-pyrrole nitrogens is 1. The van der Waals surface area contributed by atoms with E-state index in [2.05, 4.69) is 15.5 Å². The average molecular weight is 249 g/mol. The standard InChI is InChI=1S/C13H19N3O2/c1-3-17-7-6-14-8-11-9-15-16-13(11)12-5-4-10(2)18-12/h4-5,9,14H,3,6-8H2,1-2H3,(H,15,16). The lowest BCUT2D eigenvalue weighted by Crippen LogP contribution is -2.19. The highest BCUT2D eigenvalue weighted by Crippen LogP contribution is 2.22. The first-order valence-corrected chi connectivity index (χ1v) is 6.18. The normalized spacial score (nSPS) is 11.0. The summed E-state index contributed by atoms with van der Waals surface area (Å²) in [6, 6.07) is 3.90. The number of hydrogen-bond acceptors (Lipinski definition) is 4. The average Bonchev–Trinajstić information content (AvgIpc) is 2.97. The van der Waals surface area contributed by atoms with Gasteiger partial charge in [-0.05, 0) is 26.0 Å². The Morgan fingerprint density at radius 3 is 3.06 bits per heavy atom. The van der Waals surface area contributed by atoms with Crippen molar-refractivity contribution in [1.82, 2.24) is 15.5 Å². The number of nitrogens with one attached hydrogen (secondary N) is 2. The molecule has 0 unspecified atom stereocenters. The molecule has 2 rings (SSSR count). The molecule has 0 saturated carbocycles. The van der Waals surface area contributed by atoms with Gasteiger partial charge >= 0.3 is 0 Å². The number of furan rings is 1. The van der Waals surface area contributed by atoms with Gasteiger partial charge in [-0.2, -0.15) is 5.10 Å². The van der Waals surface area contributed by atoms with Gasteiger partial charge in [0.25, 0.3) is 0 Å². The molecule has 0 atom stereocenters. The topological polar surface area (TPSA) is 63.1 Å². The third kappa shape index (κ3) is 3.21. The summed E-state index contributed by atoms with van der Waals surface area (Å²) >= 11 is 0. The minimum Gasteiger partial charge on any atom is -0.460 e. The van der Waals surface area contributed by atoms with E-state index >= 15 is 0 Å². The van der Waals surface area contributed by atoms with Crippen LogP contribution in [0.5, 0.6) is 0 Å². The Balaban J connectivity index is 1.92. The predicted octanol–water partition coefficient (Wildman–Crippen LogP) is 2.10. The van der Waals surface area contributed by atoms with E-state index in [1.54, 1.807) is 0 Å². The predicted molar refractivity (Wildman–Crippen MR) is 69.2 cm³/mol. The van der Waals surface area contributed by atoms with Crippen LogP contribution in [-0.4, -0.2) is 30.0 Å². The zero-order valence-electron chi connectivity index (χ0n) is 10.8. The van der Waals surface area contributed by atoms with Crippen molar-refractivity contribution < 1.29 is 9.15 Å². The number of ether oxygens (including phenoxy) is 1. The van der Waals surface area contributed by atoms with Gasteiger partial charge in [0.1, 0.15) is 11.5 Å². The van der Waals surface area contributed by atoms with Crippen LogP contribution in [0.4, 0.5) is 0 Å². The van der Waals surface area contributed by atoms with Crippen LogP contribution in [-0.2, 0) is 11.3 Å². The van der Waals surface area contributed by atoms with Crippen molar-refractivity contribution in [2.75, 3.05) is 19.8 Å². The molecule has 5 nitrogen and oxygen atoms in total. The second-order valence-corrected chi connectivity index (χ2v) is 4.05. The summed E-state index contributed by atoms with van der Waals surface area (Å²) in [5, 5.41) is 10.4. The first-order valence-electron chi connectivity index (χ1n) is 6.18. The lowest BCUT2D eigenvalue weighted by atomic mass is 10.2. The molecule has 0 bridgehead atoms. The van der Waals surface area contributed by atoms with Gasteiger partial charge in [-0.3, -0.25) is 5.10 Å². The molecule has 0 amide bonds. The highest BCUT2D eigenvalue weighted by atomic mass is 16.5. The van der Waals surface area contributed by atoms with E-state index in [9.17, 15) is 0 Å². The molecule has 0 radical (unpaired) electrons. The fraction of sp³-hybridized carbons (Fsp3) is 0.462. The summed E-state index contributed by atoms with van der Waals surface area (Å²) < 4.78 is 10.9. The molecule has 0 aliphatic rings. The molecular weight excluding hydrogens is 230 g/mol. The van der Waals surface area contributed by atoms with Gasteiger partial charge in [-0.1, -0.05) is 0 Å². The minimum absolute atomic E-state index is 0.726. The molecule has 0 aliphatic heterocycles. The lowest BCUT2D eigenvalue weighted by molar-refractivity contribution is 0.149. The molecule has 2 aromatic heterocycles. The van der Waals surface area contributed by atoms with Crippen LogP contribution in [0.1, 0.15) is 18.2 Å². The number of aryl methyl sites for hydroxylation is 1. The van der Waals surface area contributed by atoms with Crippen LogP contribution in [0.25, 0.3) is 11.5 Å². The summed E-state index contributed by atoms with van der Waals surface area (Å²) in [7, 11) is 0. The smallest absolute Gasteiger partial charge is 0.152 e. The maximum absolute atomic E-state index is 5.59. The molecule has 5 heteroatoms. The van der Waals surface area contributed by atoms with Gasteiger partial charge in [-0.15, -0.1) is 0 Å². The highest BCUT2D eigenvalue weighted by molar-refractivity contribution is 5.56. The highest BCUT2D eigenvalue weighted by Gasteiger charge is 2.10. The molecule has 2 N–H and O–H groups in total. The Morgan fingerprint density at radius 2 is 2.33 bits per heavy atom. The molecule has 98 valence electrons. The Labute approximate surface area is 107 Å². The van der Waals surface area contributed by atoms with Gasteiger partial charge in [0.15, 0.2) is 5.76 Å². The number of hydrogen-bond donors (Lipinski definition) is 2. The Bertz CT molecular complexity index is 476. The number of aromatic amines is 1. The number of nitrogens with zero attached hydrogens (tertiary/aromatic N) is 1. The fourth-order valence-corrected chi connectivity index (χ4v) is 1.74. The van der Waals surface area contributed by atoms with Crippen LogP contribution in [0, 0.1) is 6.92 Å². The van der Waals surface area contributed by atoms with Crippen molar-refractivity contribution >= 4 is 0 Å². The van der Waals surface area contributed by atoms with Crippen LogP contribution in [0.2, 0.25) is 0 Å². The van der Waals surface area contributed by atoms with E-state index in [4.69, 9.17) is 9.15 Å². The van der Waals surface area contributed by atoms with Crippen molar-refractivity contribution in [3.05, 3.63) is 29.7 Å². The molecule has 2 aromatic rings. The molecule has 2 heterocycles. The first kappa shape index (κ1) is 12.9. The van der Waals surface area contributed by atoms with E-state index in [0.717, 1.165) is 49.1 Å². The third-order valence-electron chi connectivity index (χ3n) is 2.65. The molecule has 18 heavy (non-hydrogen) atoms. The minimum atomic E-state index is 0.726. The van der Waals surface area contributed by atoms with Crippen LogP contribution >= 0.6 is 0 Å². The van der Waals surface area contributed by atoms with Crippen molar-refractivity contribution in [3.8, 4) is 11.5 Å². The van der Waals surface area contributed by atoms with Gasteiger partial charge in [0.05, 0.1) is 12.8 Å². The zero-order valence-corrected chi connectivity index (χ0v) is 10.8. The van der Waals surface area contributed by atoms with Crippen molar-refractivity contribution in [1.29, 1.82) is 0 Å². The number of aromatic nitrogens is 2. The summed E-state index contributed by atoms with van der Waals surface area (Å²) in [4.78, 5) is 0. The summed E-state index contributed by atoms with van der Waals surface area (Å²) in [6.07, 6.45) is 1.82. The maximum atomic E-state index is 5.59. The molecule has 0 aromatic carbocycles. The molecule has 0 saturated heterocycles. The van der Waals surface area contributed by atoms with Crippen molar-refractivity contribution in [2.45, 2.75) is 20.4 Å². The molecule has 0 spiro atoms. The molecule has 0 aliphatic carbocycles. The van der Waals surface area contributed by atoms with Gasteiger partial charge in [-0.25, -0.2) is 0 Å². The van der Waals surface area contributed by atoms with E-state index in [-0.39, 0.29) is 0 Å². The SMILES string of the molecule is CCOCCNCc1cn[nH]c1-c1ccc(C)o1. The quantitative estimate of drug-likeness (QED) is 0.738. The van der Waals surface area contributed by atoms with E-state index in [0.29, 0.717) is 0 Å². The van der Waals surface area contributed by atoms with E-state index < -0.39 is 0 Å². The second-order valence-electron chi connectivity index (χ2n) is 4.05. The van der Waals surface area contributed by atoms with Gasteiger partial charge < -0.3 is 14.5 Å². The van der Waals surface area contributed by atoms with Crippen LogP contribution in [0.15, 0.2) is 22.7 Å². The largest absolute Gasteiger partial charge is 0.460 e. The Kier molecular flexibility index (Phi) is 4.55. The third-order valence-corrected chi connectivity index (χ3v) is 2.65. The Morgan fingerprint density at radius 1 is 1.44 bits per heavy atom. The maximum Gasteiger partial charge on any atom is 0.152 e. The molecule has 0 fully saturated rings. The van der Waals surface area contributed by atoms with Crippen molar-refractivity contribution in [2.24, 2.45) is 0 Å². The molecular formula is C13H19N3O2. The lowest BCUT2D eigenvalue weighted by Gasteiger charge is -2.04. The summed E-state index contributed by atoms with van der Waals surface area (Å²) in [5.41, 5.74) is 2.04. The van der Waals surface area contributed by atoms with Gasteiger partial charge in [0.2, 0.25) is 0 Å². The van der Waals surface area contributed by atoms with Crippen LogP contribution in [0.3, 0.4) is 0 Å². The van der Waals surface area contributed by atoms with E-state index in [1.807, 2.05) is 32.2 Å².